The summed E-state index contributed by atoms with van der Waals surface area (Å²) in [6, 6.07) is 27.4. The van der Waals surface area contributed by atoms with Crippen LogP contribution in [0.1, 0.15) is 0 Å². The molecule has 0 bridgehead atoms. The molecular weight excluding hydrogens is 316 g/mol. The molecule has 0 amide bonds. The molecule has 2 heteroatoms. The summed E-state index contributed by atoms with van der Waals surface area (Å²) in [7, 11) is 0. The minimum atomic E-state index is 1.04. The summed E-state index contributed by atoms with van der Waals surface area (Å²) in [6.45, 7) is 0. The highest BCUT2D eigenvalue weighted by Gasteiger charge is 2.11. The van der Waals surface area contributed by atoms with Crippen molar-refractivity contribution in [3.8, 4) is 22.3 Å². The van der Waals surface area contributed by atoms with Crippen LogP contribution in [0.2, 0.25) is 0 Å². The van der Waals surface area contributed by atoms with Crippen molar-refractivity contribution in [2.45, 2.75) is 0 Å². The predicted molar refractivity (Wildman–Crippen MR) is 108 cm³/mol. The smallest absolute Gasteiger partial charge is 0.0780 e. The molecule has 0 aliphatic carbocycles. The van der Waals surface area contributed by atoms with Crippen molar-refractivity contribution in [3.05, 3.63) is 97.5 Å². The van der Waals surface area contributed by atoms with Crippen molar-refractivity contribution in [2.24, 2.45) is 0 Å². The Hall–Kier alpha value is -3.52. The van der Waals surface area contributed by atoms with Crippen LogP contribution in [0.15, 0.2) is 97.5 Å². The fraction of sp³-hybridized carbons (Fsp3) is 0. The molecule has 0 radical (unpaired) electrons. The fourth-order valence-electron chi connectivity index (χ4n) is 3.61. The van der Waals surface area contributed by atoms with Gasteiger partial charge in [-0.1, -0.05) is 66.7 Å². The number of hydrogen-bond acceptors (Lipinski definition) is 2. The molecule has 26 heavy (non-hydrogen) atoms. The lowest BCUT2D eigenvalue weighted by Crippen LogP contribution is -1.89. The second-order valence-electron chi connectivity index (χ2n) is 6.33. The zero-order valence-electron chi connectivity index (χ0n) is 14.1. The second-order valence-corrected chi connectivity index (χ2v) is 6.33. The maximum atomic E-state index is 4.61. The minimum absolute atomic E-state index is 1.04. The summed E-state index contributed by atoms with van der Waals surface area (Å²) in [5, 5.41) is 3.55. The molecule has 122 valence electrons. The zero-order valence-corrected chi connectivity index (χ0v) is 14.1. The molecular formula is C24H16N2. The van der Waals surface area contributed by atoms with Gasteiger partial charge in [-0.25, -0.2) is 0 Å². The van der Waals surface area contributed by atoms with E-state index >= 15 is 0 Å². The number of rotatable bonds is 2. The van der Waals surface area contributed by atoms with Crippen molar-refractivity contribution in [1.29, 1.82) is 0 Å². The van der Waals surface area contributed by atoms with Gasteiger partial charge in [-0.3, -0.25) is 9.97 Å². The Morgan fingerprint density at radius 1 is 0.538 bits per heavy atom. The molecule has 0 atom stereocenters. The van der Waals surface area contributed by atoms with E-state index in [4.69, 9.17) is 0 Å². The maximum Gasteiger partial charge on any atom is 0.0780 e. The SMILES string of the molecule is c1ccc(-c2cnccc2-c2cccc3c2ccc2cccnc23)cc1. The van der Waals surface area contributed by atoms with Crippen LogP contribution in [-0.4, -0.2) is 9.97 Å². The molecule has 0 aliphatic heterocycles. The first kappa shape index (κ1) is 14.8. The van der Waals surface area contributed by atoms with Crippen molar-refractivity contribution in [2.75, 3.05) is 0 Å². The molecule has 2 nitrogen and oxygen atoms in total. The normalized spacial score (nSPS) is 11.1. The Kier molecular flexibility index (Phi) is 3.46. The third-order valence-electron chi connectivity index (χ3n) is 4.83. The van der Waals surface area contributed by atoms with E-state index in [1.165, 1.54) is 27.5 Å². The monoisotopic (exact) mass is 332 g/mol. The summed E-state index contributed by atoms with van der Waals surface area (Å²) < 4.78 is 0. The Morgan fingerprint density at radius 2 is 1.46 bits per heavy atom. The molecule has 0 unspecified atom stereocenters. The Labute approximate surface area is 151 Å². The van der Waals surface area contributed by atoms with Gasteiger partial charge in [0.1, 0.15) is 0 Å². The predicted octanol–water partition coefficient (Wildman–Crippen LogP) is 6.12. The Bertz CT molecular complexity index is 1230. The van der Waals surface area contributed by atoms with Gasteiger partial charge in [-0.15, -0.1) is 0 Å². The van der Waals surface area contributed by atoms with E-state index in [0.29, 0.717) is 0 Å². The Morgan fingerprint density at radius 3 is 2.38 bits per heavy atom. The lowest BCUT2D eigenvalue weighted by atomic mass is 9.92. The molecule has 0 aliphatic rings. The number of hydrogen-bond donors (Lipinski definition) is 0. The first-order chi connectivity index (χ1) is 12.9. The van der Waals surface area contributed by atoms with Gasteiger partial charge in [0.05, 0.1) is 5.52 Å². The van der Waals surface area contributed by atoms with Crippen LogP contribution >= 0.6 is 0 Å². The van der Waals surface area contributed by atoms with Crippen LogP contribution in [0.4, 0.5) is 0 Å². The molecule has 0 spiro atoms. The van der Waals surface area contributed by atoms with E-state index in [1.807, 2.05) is 30.7 Å². The first-order valence-corrected chi connectivity index (χ1v) is 8.68. The summed E-state index contributed by atoms with van der Waals surface area (Å²) >= 11 is 0. The molecule has 0 saturated heterocycles. The summed E-state index contributed by atoms with van der Waals surface area (Å²) in [5.74, 6) is 0. The maximum absolute atomic E-state index is 4.61. The zero-order chi connectivity index (χ0) is 17.3. The second kappa shape index (κ2) is 6.08. The summed E-state index contributed by atoms with van der Waals surface area (Å²) in [6.07, 6.45) is 5.67. The average Bonchev–Trinajstić information content (AvgIpc) is 2.74. The van der Waals surface area contributed by atoms with Gasteiger partial charge in [0, 0.05) is 34.9 Å². The van der Waals surface area contributed by atoms with E-state index in [0.717, 1.165) is 16.5 Å². The number of aromatic nitrogens is 2. The van der Waals surface area contributed by atoms with Crippen LogP contribution in [0.3, 0.4) is 0 Å². The highest BCUT2D eigenvalue weighted by Crippen LogP contribution is 2.37. The average molecular weight is 332 g/mol. The van der Waals surface area contributed by atoms with Gasteiger partial charge in [0.15, 0.2) is 0 Å². The standard InChI is InChI=1S/C24H16N2/c1-2-6-17(7-3-1)23-16-25-15-13-21(23)19-9-4-10-22-20(19)12-11-18-8-5-14-26-24(18)22/h1-16H. The summed E-state index contributed by atoms with van der Waals surface area (Å²) in [5.41, 5.74) is 5.75. The molecule has 2 aromatic heterocycles. The molecule has 0 saturated carbocycles. The van der Waals surface area contributed by atoms with Crippen molar-refractivity contribution in [3.63, 3.8) is 0 Å². The van der Waals surface area contributed by atoms with E-state index < -0.39 is 0 Å². The highest BCUT2D eigenvalue weighted by atomic mass is 14.6. The fourth-order valence-corrected chi connectivity index (χ4v) is 3.61. The number of benzene rings is 3. The topological polar surface area (TPSA) is 25.8 Å². The van der Waals surface area contributed by atoms with Gasteiger partial charge >= 0.3 is 0 Å². The largest absolute Gasteiger partial charge is 0.264 e. The molecule has 2 heterocycles. The molecule has 0 N–H and O–H groups in total. The van der Waals surface area contributed by atoms with Crippen LogP contribution in [0.25, 0.3) is 43.9 Å². The van der Waals surface area contributed by atoms with Crippen LogP contribution in [-0.2, 0) is 0 Å². The van der Waals surface area contributed by atoms with Crippen molar-refractivity contribution < 1.29 is 0 Å². The third kappa shape index (κ3) is 2.35. The Balaban J connectivity index is 1.83. The van der Waals surface area contributed by atoms with Gasteiger partial charge in [-0.2, -0.15) is 0 Å². The first-order valence-electron chi connectivity index (χ1n) is 8.68. The molecule has 5 aromatic rings. The third-order valence-corrected chi connectivity index (χ3v) is 4.83. The van der Waals surface area contributed by atoms with Gasteiger partial charge < -0.3 is 0 Å². The minimum Gasteiger partial charge on any atom is -0.264 e. The van der Waals surface area contributed by atoms with Crippen LogP contribution in [0, 0.1) is 0 Å². The molecule has 0 fully saturated rings. The van der Waals surface area contributed by atoms with E-state index in [2.05, 4.69) is 76.7 Å². The van der Waals surface area contributed by atoms with Gasteiger partial charge in [0.2, 0.25) is 0 Å². The quantitative estimate of drug-likeness (QED) is 0.364. The lowest BCUT2D eigenvalue weighted by molar-refractivity contribution is 1.33. The van der Waals surface area contributed by atoms with Crippen molar-refractivity contribution >= 4 is 21.7 Å². The number of fused-ring (bicyclic) bond motifs is 3. The van der Waals surface area contributed by atoms with E-state index in [1.54, 1.807) is 0 Å². The van der Waals surface area contributed by atoms with Gasteiger partial charge in [-0.05, 0) is 34.2 Å². The highest BCUT2D eigenvalue weighted by molar-refractivity contribution is 6.11. The van der Waals surface area contributed by atoms with Crippen LogP contribution < -0.4 is 0 Å². The lowest BCUT2D eigenvalue weighted by Gasteiger charge is -2.13. The number of nitrogens with zero attached hydrogens (tertiary/aromatic N) is 2. The van der Waals surface area contributed by atoms with E-state index in [9.17, 15) is 0 Å². The number of pyridine rings is 2. The van der Waals surface area contributed by atoms with E-state index in [-0.39, 0.29) is 0 Å². The van der Waals surface area contributed by atoms with Crippen molar-refractivity contribution in [1.82, 2.24) is 9.97 Å². The van der Waals surface area contributed by atoms with Crippen LogP contribution in [0.5, 0.6) is 0 Å². The van der Waals surface area contributed by atoms with Gasteiger partial charge in [0.25, 0.3) is 0 Å². The molecule has 3 aromatic carbocycles. The summed E-state index contributed by atoms with van der Waals surface area (Å²) in [4.78, 5) is 8.98. The molecule has 5 rings (SSSR count).